The predicted octanol–water partition coefficient (Wildman–Crippen LogP) is 3.27. The SMILES string of the molecule is O=C(Cc1ccc(S(=O)(=O)N2CCCC2)s1)NC1(c2ccccc2)CCC1. The summed E-state index contributed by atoms with van der Waals surface area (Å²) in [6, 6.07) is 13.5. The lowest BCUT2D eigenvalue weighted by Gasteiger charge is -2.43. The summed E-state index contributed by atoms with van der Waals surface area (Å²) in [5.41, 5.74) is 0.883. The van der Waals surface area contributed by atoms with Crippen LogP contribution < -0.4 is 5.32 Å². The number of amides is 1. The van der Waals surface area contributed by atoms with E-state index in [1.54, 1.807) is 16.4 Å². The van der Waals surface area contributed by atoms with Gasteiger partial charge >= 0.3 is 0 Å². The van der Waals surface area contributed by atoms with E-state index in [0.29, 0.717) is 17.3 Å². The Labute approximate surface area is 164 Å². The fourth-order valence-corrected chi connectivity index (χ4v) is 6.92. The van der Waals surface area contributed by atoms with Crippen LogP contribution in [0, 0.1) is 0 Å². The summed E-state index contributed by atoms with van der Waals surface area (Å²) in [5.74, 6) is -0.0504. The molecular weight excluding hydrogens is 380 g/mol. The first kappa shape index (κ1) is 18.7. The molecule has 7 heteroatoms. The van der Waals surface area contributed by atoms with Gasteiger partial charge in [0.1, 0.15) is 4.21 Å². The van der Waals surface area contributed by atoms with Crippen LogP contribution in [0.5, 0.6) is 0 Å². The molecule has 27 heavy (non-hydrogen) atoms. The second-order valence-electron chi connectivity index (χ2n) is 7.36. The average Bonchev–Trinajstić information content (AvgIpc) is 3.31. The van der Waals surface area contributed by atoms with E-state index in [2.05, 4.69) is 17.4 Å². The first-order valence-corrected chi connectivity index (χ1v) is 11.7. The third-order valence-corrected chi connectivity index (χ3v) is 8.99. The number of hydrogen-bond donors (Lipinski definition) is 1. The summed E-state index contributed by atoms with van der Waals surface area (Å²) in [6.45, 7) is 1.19. The Hall–Kier alpha value is -1.70. The number of sulfonamides is 1. The number of thiophene rings is 1. The Balaban J connectivity index is 1.44. The summed E-state index contributed by atoms with van der Waals surface area (Å²) < 4.78 is 27.2. The first-order chi connectivity index (χ1) is 13.0. The van der Waals surface area contributed by atoms with Gasteiger partial charge in [-0.2, -0.15) is 4.31 Å². The minimum Gasteiger partial charge on any atom is -0.346 e. The van der Waals surface area contributed by atoms with E-state index in [1.165, 1.54) is 11.3 Å². The van der Waals surface area contributed by atoms with Crippen LogP contribution >= 0.6 is 11.3 Å². The molecule has 0 unspecified atom stereocenters. The van der Waals surface area contributed by atoms with Gasteiger partial charge in [0.25, 0.3) is 10.0 Å². The van der Waals surface area contributed by atoms with Crippen molar-refractivity contribution in [3.8, 4) is 0 Å². The van der Waals surface area contributed by atoms with Crippen LogP contribution in [0.2, 0.25) is 0 Å². The Bertz CT molecular complexity index is 912. The van der Waals surface area contributed by atoms with Crippen LogP contribution in [0.25, 0.3) is 0 Å². The van der Waals surface area contributed by atoms with Gasteiger partial charge in [0.15, 0.2) is 0 Å². The molecule has 0 atom stereocenters. The second-order valence-corrected chi connectivity index (χ2v) is 10.7. The smallest absolute Gasteiger partial charge is 0.252 e. The highest BCUT2D eigenvalue weighted by atomic mass is 32.2. The summed E-state index contributed by atoms with van der Waals surface area (Å²) in [5, 5.41) is 3.21. The molecule has 1 N–H and O–H groups in total. The summed E-state index contributed by atoms with van der Waals surface area (Å²) in [6.07, 6.45) is 5.05. The molecule has 4 rings (SSSR count). The lowest BCUT2D eigenvalue weighted by molar-refractivity contribution is -0.123. The fourth-order valence-electron chi connectivity index (χ4n) is 3.89. The molecule has 1 saturated heterocycles. The molecule has 0 radical (unpaired) electrons. The van der Waals surface area contributed by atoms with E-state index in [4.69, 9.17) is 0 Å². The summed E-state index contributed by atoms with van der Waals surface area (Å²) in [7, 11) is -3.41. The van der Waals surface area contributed by atoms with Crippen molar-refractivity contribution in [2.75, 3.05) is 13.1 Å². The van der Waals surface area contributed by atoms with Crippen LogP contribution in [-0.2, 0) is 26.8 Å². The van der Waals surface area contributed by atoms with Crippen molar-refractivity contribution in [1.82, 2.24) is 9.62 Å². The van der Waals surface area contributed by atoms with E-state index in [-0.39, 0.29) is 17.9 Å². The Kier molecular flexibility index (Phi) is 5.09. The van der Waals surface area contributed by atoms with Gasteiger partial charge in [0, 0.05) is 18.0 Å². The lowest BCUT2D eigenvalue weighted by atomic mass is 9.71. The van der Waals surface area contributed by atoms with Crippen LogP contribution in [0.1, 0.15) is 42.5 Å². The molecule has 2 fully saturated rings. The third-order valence-electron chi connectivity index (χ3n) is 5.54. The van der Waals surface area contributed by atoms with Gasteiger partial charge < -0.3 is 5.32 Å². The Morgan fingerprint density at radius 1 is 1.04 bits per heavy atom. The van der Waals surface area contributed by atoms with Crippen molar-refractivity contribution in [3.63, 3.8) is 0 Å². The topological polar surface area (TPSA) is 66.5 Å². The maximum atomic E-state index is 12.6. The van der Waals surface area contributed by atoms with Crippen molar-refractivity contribution in [1.29, 1.82) is 0 Å². The standard InChI is InChI=1S/C20H24N2O3S2/c23-18(21-20(11-6-12-20)16-7-2-1-3-8-16)15-17-9-10-19(26-17)27(24,25)22-13-4-5-14-22/h1-3,7-10H,4-6,11-15H2,(H,21,23). The number of nitrogens with one attached hydrogen (secondary N) is 1. The van der Waals surface area contributed by atoms with Crippen molar-refractivity contribution < 1.29 is 13.2 Å². The van der Waals surface area contributed by atoms with Crippen molar-refractivity contribution in [2.24, 2.45) is 0 Å². The molecule has 1 aliphatic heterocycles. The van der Waals surface area contributed by atoms with Gasteiger partial charge in [-0.15, -0.1) is 11.3 Å². The van der Waals surface area contributed by atoms with Crippen LogP contribution in [-0.4, -0.2) is 31.7 Å². The molecule has 0 spiro atoms. The van der Waals surface area contributed by atoms with Crippen LogP contribution in [0.3, 0.4) is 0 Å². The first-order valence-electron chi connectivity index (χ1n) is 9.45. The minimum atomic E-state index is -3.41. The van der Waals surface area contributed by atoms with Gasteiger partial charge in [-0.05, 0) is 49.8 Å². The molecule has 5 nitrogen and oxygen atoms in total. The maximum absolute atomic E-state index is 12.6. The van der Waals surface area contributed by atoms with Gasteiger partial charge in [-0.3, -0.25) is 4.79 Å². The zero-order valence-electron chi connectivity index (χ0n) is 15.2. The molecule has 1 aromatic carbocycles. The number of rotatable bonds is 6. The van der Waals surface area contributed by atoms with Gasteiger partial charge in [-0.1, -0.05) is 30.3 Å². The number of nitrogens with zero attached hydrogens (tertiary/aromatic N) is 1. The van der Waals surface area contributed by atoms with E-state index >= 15 is 0 Å². The highest BCUT2D eigenvalue weighted by Crippen LogP contribution is 2.41. The molecular formula is C20H24N2O3S2. The van der Waals surface area contributed by atoms with Crippen LogP contribution in [0.4, 0.5) is 0 Å². The number of hydrogen-bond acceptors (Lipinski definition) is 4. The second kappa shape index (κ2) is 7.37. The normalized spacial score (nSPS) is 19.6. The van der Waals surface area contributed by atoms with Gasteiger partial charge in [0.2, 0.25) is 5.91 Å². The Morgan fingerprint density at radius 2 is 1.74 bits per heavy atom. The predicted molar refractivity (Wildman–Crippen MR) is 106 cm³/mol. The number of carbonyl (C=O) groups excluding carboxylic acids is 1. The van der Waals surface area contributed by atoms with Crippen molar-refractivity contribution in [2.45, 2.75) is 48.3 Å². The molecule has 2 aliphatic rings. The molecule has 1 aliphatic carbocycles. The highest BCUT2D eigenvalue weighted by molar-refractivity contribution is 7.91. The number of carbonyl (C=O) groups is 1. The molecule has 2 aromatic rings. The van der Waals surface area contributed by atoms with E-state index in [1.807, 2.05) is 18.2 Å². The quantitative estimate of drug-likeness (QED) is 0.804. The monoisotopic (exact) mass is 404 g/mol. The van der Waals surface area contributed by atoms with Crippen molar-refractivity contribution >= 4 is 27.3 Å². The molecule has 0 bridgehead atoms. The van der Waals surface area contributed by atoms with E-state index in [9.17, 15) is 13.2 Å². The largest absolute Gasteiger partial charge is 0.346 e. The third kappa shape index (κ3) is 3.68. The van der Waals surface area contributed by atoms with E-state index < -0.39 is 10.0 Å². The minimum absolute atomic E-state index is 0.0504. The number of benzene rings is 1. The van der Waals surface area contributed by atoms with Gasteiger partial charge in [0.05, 0.1) is 12.0 Å². The molecule has 144 valence electrons. The molecule has 1 aromatic heterocycles. The molecule has 2 heterocycles. The molecule has 1 amide bonds. The van der Waals surface area contributed by atoms with Crippen molar-refractivity contribution in [3.05, 3.63) is 52.9 Å². The van der Waals surface area contributed by atoms with Crippen LogP contribution in [0.15, 0.2) is 46.7 Å². The Morgan fingerprint density at radius 3 is 2.37 bits per heavy atom. The zero-order chi connectivity index (χ0) is 18.9. The summed E-state index contributed by atoms with van der Waals surface area (Å²) in [4.78, 5) is 13.4. The lowest BCUT2D eigenvalue weighted by Crippen LogP contribution is -2.51. The summed E-state index contributed by atoms with van der Waals surface area (Å²) >= 11 is 1.21. The fraction of sp³-hybridized carbons (Fsp3) is 0.450. The average molecular weight is 405 g/mol. The van der Waals surface area contributed by atoms with Gasteiger partial charge in [-0.25, -0.2) is 8.42 Å². The molecule has 1 saturated carbocycles. The maximum Gasteiger partial charge on any atom is 0.252 e. The zero-order valence-corrected chi connectivity index (χ0v) is 16.8. The highest BCUT2D eigenvalue weighted by Gasteiger charge is 2.39. The van der Waals surface area contributed by atoms with E-state index in [0.717, 1.165) is 42.5 Å².